The summed E-state index contributed by atoms with van der Waals surface area (Å²) in [6.45, 7) is -0.277. The molecule has 0 unspecified atom stereocenters. The number of ether oxygens (including phenoxy) is 1. The smallest absolute Gasteiger partial charge is 0.290 e. The van der Waals surface area contributed by atoms with Gasteiger partial charge < -0.3 is 15.2 Å². The molecule has 132 valence electrons. The molecule has 0 spiro atoms. The number of hydrogen-bond donors (Lipinski definition) is 2. The van der Waals surface area contributed by atoms with Gasteiger partial charge >= 0.3 is 0 Å². The molecule has 2 rings (SSSR count). The molecule has 1 aromatic carbocycles. The summed E-state index contributed by atoms with van der Waals surface area (Å²) in [5.41, 5.74) is -0.777. The fourth-order valence-corrected chi connectivity index (χ4v) is 2.65. The van der Waals surface area contributed by atoms with E-state index in [4.69, 9.17) is 9.84 Å². The summed E-state index contributed by atoms with van der Waals surface area (Å²) in [6.07, 6.45) is 0. The second-order valence-corrected chi connectivity index (χ2v) is 5.08. The van der Waals surface area contributed by atoms with Crippen LogP contribution in [-0.4, -0.2) is 55.8 Å². The first kappa shape index (κ1) is 20.0. The Bertz CT molecular complexity index is 528. The number of hydrogen-bond acceptors (Lipinski definition) is 4. The van der Waals surface area contributed by atoms with Gasteiger partial charge in [-0.25, -0.2) is 17.6 Å². The average molecular weight is 359 g/mol. The van der Waals surface area contributed by atoms with Crippen molar-refractivity contribution in [2.75, 3.05) is 39.9 Å². The predicted octanol–water partition coefficient (Wildman–Crippen LogP) is 1.97. The third-order valence-corrected chi connectivity index (χ3v) is 3.71. The lowest BCUT2D eigenvalue weighted by Crippen LogP contribution is -2.51. The van der Waals surface area contributed by atoms with Crippen molar-refractivity contribution in [3.05, 3.63) is 29.3 Å². The first-order valence-electron chi connectivity index (χ1n) is 6.87. The van der Waals surface area contributed by atoms with Gasteiger partial charge in [-0.3, -0.25) is 4.90 Å². The van der Waals surface area contributed by atoms with E-state index in [1.165, 1.54) is 12.0 Å². The number of benzene rings is 1. The van der Waals surface area contributed by atoms with Crippen LogP contribution in [0.15, 0.2) is 12.1 Å². The molecule has 1 aromatic rings. The van der Waals surface area contributed by atoms with E-state index in [1.807, 2.05) is 0 Å². The molecule has 1 saturated heterocycles. The third-order valence-electron chi connectivity index (χ3n) is 3.71. The van der Waals surface area contributed by atoms with Crippen molar-refractivity contribution in [3.63, 3.8) is 0 Å². The van der Waals surface area contributed by atoms with E-state index in [1.54, 1.807) is 0 Å². The molecule has 23 heavy (non-hydrogen) atoms. The number of rotatable bonds is 5. The third kappa shape index (κ3) is 4.06. The highest BCUT2D eigenvalue weighted by molar-refractivity contribution is 5.85. The largest absolute Gasteiger partial charge is 0.494 e. The van der Waals surface area contributed by atoms with Crippen LogP contribution in [0.2, 0.25) is 0 Å². The molecular weight excluding hydrogens is 340 g/mol. The Balaban J connectivity index is 0.00000264. The maximum Gasteiger partial charge on any atom is 0.290 e. The molecule has 0 amide bonds. The zero-order valence-corrected chi connectivity index (χ0v) is 13.3. The van der Waals surface area contributed by atoms with Crippen LogP contribution >= 0.6 is 12.4 Å². The van der Waals surface area contributed by atoms with Gasteiger partial charge in [-0.05, 0) is 12.1 Å². The molecule has 4 nitrogen and oxygen atoms in total. The maximum absolute atomic E-state index is 14.4. The maximum atomic E-state index is 14.4. The number of methoxy groups -OCH3 is 1. The molecule has 0 aromatic heterocycles. The van der Waals surface area contributed by atoms with Crippen molar-refractivity contribution in [3.8, 4) is 5.75 Å². The van der Waals surface area contributed by atoms with Crippen molar-refractivity contribution in [1.82, 2.24) is 10.2 Å². The fraction of sp³-hybridized carbons (Fsp3) is 0.571. The van der Waals surface area contributed by atoms with Crippen LogP contribution < -0.4 is 10.1 Å². The van der Waals surface area contributed by atoms with Crippen LogP contribution in [-0.2, 0) is 0 Å². The lowest BCUT2D eigenvalue weighted by atomic mass is 9.96. The van der Waals surface area contributed by atoms with Crippen molar-refractivity contribution >= 4 is 12.4 Å². The van der Waals surface area contributed by atoms with Crippen molar-refractivity contribution < 1.29 is 27.4 Å². The van der Waals surface area contributed by atoms with E-state index in [0.29, 0.717) is 13.1 Å². The normalized spacial score (nSPS) is 17.5. The molecule has 0 radical (unpaired) electrons. The molecule has 0 bridgehead atoms. The topological polar surface area (TPSA) is 44.7 Å². The molecule has 1 fully saturated rings. The number of aliphatic hydroxyl groups excluding tert-OH is 1. The molecule has 9 heteroatoms. The van der Waals surface area contributed by atoms with Gasteiger partial charge in [0, 0.05) is 26.2 Å². The number of halogens is 5. The first-order valence-corrected chi connectivity index (χ1v) is 6.87. The Hall–Kier alpha value is -1.09. The minimum Gasteiger partial charge on any atom is -0.494 e. The molecule has 0 aliphatic carbocycles. The lowest BCUT2D eigenvalue weighted by molar-refractivity contribution is -0.120. The number of nitrogens with zero attached hydrogens (tertiary/aromatic N) is 1. The number of aliphatic hydroxyl groups is 1. The molecule has 2 N–H and O–H groups in total. The molecule has 1 heterocycles. The van der Waals surface area contributed by atoms with Crippen LogP contribution in [0.3, 0.4) is 0 Å². The monoisotopic (exact) mass is 358 g/mol. The van der Waals surface area contributed by atoms with Gasteiger partial charge in [-0.15, -0.1) is 12.4 Å². The van der Waals surface area contributed by atoms with Gasteiger partial charge in [0.2, 0.25) is 0 Å². The minimum absolute atomic E-state index is 0. The quantitative estimate of drug-likeness (QED) is 0.790. The fourth-order valence-electron chi connectivity index (χ4n) is 2.65. The van der Waals surface area contributed by atoms with Gasteiger partial charge in [0.1, 0.15) is 18.5 Å². The summed E-state index contributed by atoms with van der Waals surface area (Å²) < 4.78 is 61.6. The predicted molar refractivity (Wildman–Crippen MR) is 79.4 cm³/mol. The summed E-state index contributed by atoms with van der Waals surface area (Å²) in [5.74, 6) is -6.26. The second kappa shape index (κ2) is 8.14. The van der Waals surface area contributed by atoms with E-state index in [-0.39, 0.29) is 31.2 Å². The van der Waals surface area contributed by atoms with E-state index in [2.05, 4.69) is 5.32 Å². The minimum atomic E-state index is -3.69. The summed E-state index contributed by atoms with van der Waals surface area (Å²) in [4.78, 5) is 1.27. The van der Waals surface area contributed by atoms with Crippen LogP contribution in [0.5, 0.6) is 5.75 Å². The van der Waals surface area contributed by atoms with E-state index < -0.39 is 35.8 Å². The Morgan fingerprint density at radius 2 is 1.91 bits per heavy atom. The molecule has 1 aliphatic rings. The zero-order chi connectivity index (χ0) is 16.3. The Labute approximate surface area is 137 Å². The Kier molecular flexibility index (Phi) is 7.06. The summed E-state index contributed by atoms with van der Waals surface area (Å²) in [7, 11) is 1.17. The van der Waals surface area contributed by atoms with Crippen LogP contribution in [0.4, 0.5) is 17.6 Å². The molecule has 1 atom stereocenters. The first-order chi connectivity index (χ1) is 10.4. The van der Waals surface area contributed by atoms with Gasteiger partial charge in [-0.1, -0.05) is 0 Å². The molecule has 0 saturated carbocycles. The highest BCUT2D eigenvalue weighted by atomic mass is 35.5. The average Bonchev–Trinajstić information content (AvgIpc) is 2.52. The summed E-state index contributed by atoms with van der Waals surface area (Å²) >= 11 is 0. The standard InChI is InChI=1S/C14H18F4N2O2.ClH/c1-22-10-3-2-9(15)11(12(10)16)13(14(17,18)8-21)20-6-4-19-5-7-20;/h2-3,13,19,21H,4-8H2,1H3;1H/t13-;/m1./s1. The summed E-state index contributed by atoms with van der Waals surface area (Å²) in [5, 5.41) is 12.0. The highest BCUT2D eigenvalue weighted by Gasteiger charge is 2.47. The number of piperazine rings is 1. The SMILES string of the molecule is COc1ccc(F)c([C@@H](N2CCNCC2)C(F)(F)CO)c1F.Cl. The van der Waals surface area contributed by atoms with Gasteiger partial charge in [0.25, 0.3) is 5.92 Å². The second-order valence-electron chi connectivity index (χ2n) is 5.08. The number of alkyl halides is 2. The van der Waals surface area contributed by atoms with Crippen molar-refractivity contribution in [2.24, 2.45) is 0 Å². The Morgan fingerprint density at radius 1 is 1.30 bits per heavy atom. The summed E-state index contributed by atoms with van der Waals surface area (Å²) in [6, 6.07) is 0.0367. The van der Waals surface area contributed by atoms with Gasteiger partial charge in [0.05, 0.1) is 12.7 Å². The highest BCUT2D eigenvalue weighted by Crippen LogP contribution is 2.40. The van der Waals surface area contributed by atoms with Crippen LogP contribution in [0, 0.1) is 11.6 Å². The molecule has 1 aliphatic heterocycles. The van der Waals surface area contributed by atoms with Gasteiger partial charge in [-0.2, -0.15) is 0 Å². The Morgan fingerprint density at radius 3 is 2.43 bits per heavy atom. The number of nitrogens with one attached hydrogen (secondary N) is 1. The van der Waals surface area contributed by atoms with Gasteiger partial charge in [0.15, 0.2) is 11.6 Å². The van der Waals surface area contributed by atoms with Crippen molar-refractivity contribution in [1.29, 1.82) is 0 Å². The van der Waals surface area contributed by atoms with Crippen molar-refractivity contribution in [2.45, 2.75) is 12.0 Å². The zero-order valence-electron chi connectivity index (χ0n) is 12.5. The lowest BCUT2D eigenvalue weighted by Gasteiger charge is -2.39. The van der Waals surface area contributed by atoms with Crippen LogP contribution in [0.1, 0.15) is 11.6 Å². The van der Waals surface area contributed by atoms with Crippen LogP contribution in [0.25, 0.3) is 0 Å². The van der Waals surface area contributed by atoms with E-state index in [0.717, 1.165) is 12.1 Å². The van der Waals surface area contributed by atoms with E-state index in [9.17, 15) is 17.6 Å². The van der Waals surface area contributed by atoms with E-state index >= 15 is 0 Å². The molecular formula is C14H19ClF4N2O2.